The zero-order chi connectivity index (χ0) is 13.1. The van der Waals surface area contributed by atoms with Crippen LogP contribution in [0.15, 0.2) is 0 Å². The van der Waals surface area contributed by atoms with Gasteiger partial charge < -0.3 is 5.32 Å². The van der Waals surface area contributed by atoms with Crippen LogP contribution < -0.4 is 5.32 Å². The molecule has 1 aliphatic carbocycles. The summed E-state index contributed by atoms with van der Waals surface area (Å²) in [6, 6.07) is 1.17. The van der Waals surface area contributed by atoms with Gasteiger partial charge in [0.25, 0.3) is 0 Å². The molecule has 0 aromatic carbocycles. The monoisotopic (exact) mass is 265 g/mol. The number of carbonyl (C=O) groups is 1. The first-order chi connectivity index (χ1) is 9.31. The van der Waals surface area contributed by atoms with E-state index in [4.69, 9.17) is 0 Å². The van der Waals surface area contributed by atoms with E-state index in [1.165, 1.54) is 51.5 Å². The van der Waals surface area contributed by atoms with Gasteiger partial charge in [-0.1, -0.05) is 19.3 Å². The molecule has 1 atom stereocenters. The Bertz CT molecular complexity index is 315. The van der Waals surface area contributed by atoms with E-state index in [0.29, 0.717) is 12.6 Å². The Morgan fingerprint density at radius 2 is 1.84 bits per heavy atom. The number of carbonyl (C=O) groups excluding carboxylic acids is 1. The smallest absolute Gasteiger partial charge is 0.234 e. The molecule has 0 bridgehead atoms. The maximum absolute atomic E-state index is 12.1. The first kappa shape index (κ1) is 13.4. The molecular formula is C15H27N3O. The van der Waals surface area contributed by atoms with Crippen molar-refractivity contribution in [2.24, 2.45) is 0 Å². The zero-order valence-electron chi connectivity index (χ0n) is 11.9. The highest BCUT2D eigenvalue weighted by Crippen LogP contribution is 2.21. The van der Waals surface area contributed by atoms with Crippen LogP contribution in [-0.4, -0.2) is 60.5 Å². The van der Waals surface area contributed by atoms with Crippen LogP contribution in [0.4, 0.5) is 0 Å². The van der Waals surface area contributed by atoms with Crippen molar-refractivity contribution in [3.8, 4) is 0 Å². The molecule has 2 aliphatic heterocycles. The van der Waals surface area contributed by atoms with Crippen LogP contribution in [-0.2, 0) is 4.79 Å². The molecule has 108 valence electrons. The van der Waals surface area contributed by atoms with E-state index in [1.54, 1.807) is 0 Å². The number of hydrogen-bond donors (Lipinski definition) is 1. The van der Waals surface area contributed by atoms with E-state index in [2.05, 4.69) is 15.1 Å². The third kappa shape index (κ3) is 3.48. The highest BCUT2D eigenvalue weighted by atomic mass is 16.2. The topological polar surface area (TPSA) is 35.6 Å². The number of rotatable bonds is 3. The number of nitrogens with zero attached hydrogens (tertiary/aromatic N) is 2. The van der Waals surface area contributed by atoms with E-state index in [0.717, 1.165) is 25.7 Å². The standard InChI is InChI=1S/C15H27N3O/c19-15(16-13-5-2-1-3-6-13)12-17-9-10-18-8-4-7-14(18)11-17/h13-14H,1-12H2,(H,16,19)/t14-/m1/s1. The minimum atomic E-state index is 0.248. The van der Waals surface area contributed by atoms with Crippen molar-refractivity contribution in [1.29, 1.82) is 0 Å². The average molecular weight is 265 g/mol. The lowest BCUT2D eigenvalue weighted by Gasteiger charge is -2.37. The number of nitrogens with one attached hydrogen (secondary N) is 1. The summed E-state index contributed by atoms with van der Waals surface area (Å²) in [7, 11) is 0. The van der Waals surface area contributed by atoms with Crippen molar-refractivity contribution in [1.82, 2.24) is 15.1 Å². The molecule has 2 saturated heterocycles. The van der Waals surface area contributed by atoms with E-state index in [-0.39, 0.29) is 5.91 Å². The van der Waals surface area contributed by atoms with E-state index >= 15 is 0 Å². The van der Waals surface area contributed by atoms with Gasteiger partial charge in [-0.05, 0) is 32.2 Å². The van der Waals surface area contributed by atoms with Crippen LogP contribution in [0.5, 0.6) is 0 Å². The van der Waals surface area contributed by atoms with Crippen LogP contribution in [0.3, 0.4) is 0 Å². The Kier molecular flexibility index (Phi) is 4.38. The fourth-order valence-electron chi connectivity index (χ4n) is 3.92. The van der Waals surface area contributed by atoms with Crippen LogP contribution in [0.2, 0.25) is 0 Å². The van der Waals surface area contributed by atoms with E-state index in [9.17, 15) is 4.79 Å². The third-order valence-corrected chi connectivity index (χ3v) is 5.01. The zero-order valence-corrected chi connectivity index (χ0v) is 11.9. The molecule has 0 spiro atoms. The molecule has 0 aromatic rings. The fraction of sp³-hybridized carbons (Fsp3) is 0.933. The SMILES string of the molecule is O=C(CN1CCN2CCC[C@@H]2C1)NC1CCCCC1. The van der Waals surface area contributed by atoms with Gasteiger partial charge in [-0.25, -0.2) is 0 Å². The van der Waals surface area contributed by atoms with Gasteiger partial charge in [0, 0.05) is 31.7 Å². The lowest BCUT2D eigenvalue weighted by Crippen LogP contribution is -2.53. The van der Waals surface area contributed by atoms with Gasteiger partial charge in [-0.15, -0.1) is 0 Å². The maximum atomic E-state index is 12.1. The Morgan fingerprint density at radius 1 is 1.00 bits per heavy atom. The summed E-state index contributed by atoms with van der Waals surface area (Å²) in [6.07, 6.45) is 8.94. The largest absolute Gasteiger partial charge is 0.352 e. The van der Waals surface area contributed by atoms with Crippen molar-refractivity contribution in [3.63, 3.8) is 0 Å². The van der Waals surface area contributed by atoms with Crippen LogP contribution in [0.1, 0.15) is 44.9 Å². The quantitative estimate of drug-likeness (QED) is 0.833. The summed E-state index contributed by atoms with van der Waals surface area (Å²) in [5.41, 5.74) is 0. The summed E-state index contributed by atoms with van der Waals surface area (Å²) < 4.78 is 0. The van der Waals surface area contributed by atoms with Crippen LogP contribution >= 0.6 is 0 Å². The molecule has 3 fully saturated rings. The van der Waals surface area contributed by atoms with Crippen molar-refractivity contribution in [3.05, 3.63) is 0 Å². The molecule has 0 unspecified atom stereocenters. The van der Waals surface area contributed by atoms with Gasteiger partial charge in [-0.2, -0.15) is 0 Å². The average Bonchev–Trinajstić information content (AvgIpc) is 2.87. The second kappa shape index (κ2) is 6.23. The summed E-state index contributed by atoms with van der Waals surface area (Å²) in [6.45, 7) is 5.20. The Morgan fingerprint density at radius 3 is 2.68 bits per heavy atom. The maximum Gasteiger partial charge on any atom is 0.234 e. The predicted octanol–water partition coefficient (Wildman–Crippen LogP) is 1.22. The molecule has 0 aromatic heterocycles. The summed E-state index contributed by atoms with van der Waals surface area (Å²) in [4.78, 5) is 17.0. The second-order valence-corrected chi connectivity index (χ2v) is 6.47. The number of fused-ring (bicyclic) bond motifs is 1. The van der Waals surface area contributed by atoms with E-state index < -0.39 is 0 Å². The van der Waals surface area contributed by atoms with Crippen molar-refractivity contribution in [2.75, 3.05) is 32.7 Å². The van der Waals surface area contributed by atoms with Gasteiger partial charge in [0.2, 0.25) is 5.91 Å². The lowest BCUT2D eigenvalue weighted by molar-refractivity contribution is -0.123. The van der Waals surface area contributed by atoms with Gasteiger partial charge >= 0.3 is 0 Å². The first-order valence-electron chi connectivity index (χ1n) is 8.07. The van der Waals surface area contributed by atoms with Crippen molar-refractivity contribution >= 4 is 5.91 Å². The molecule has 1 saturated carbocycles. The van der Waals surface area contributed by atoms with Crippen LogP contribution in [0.25, 0.3) is 0 Å². The van der Waals surface area contributed by atoms with Gasteiger partial charge in [0.1, 0.15) is 0 Å². The molecule has 1 amide bonds. The normalized spacial score (nSPS) is 30.2. The number of amides is 1. The molecule has 3 aliphatic rings. The molecule has 4 heteroatoms. The molecule has 0 radical (unpaired) electrons. The Balaban J connectivity index is 1.41. The molecular weight excluding hydrogens is 238 g/mol. The lowest BCUT2D eigenvalue weighted by atomic mass is 9.95. The minimum Gasteiger partial charge on any atom is -0.352 e. The number of piperazine rings is 1. The number of hydrogen-bond acceptors (Lipinski definition) is 3. The third-order valence-electron chi connectivity index (χ3n) is 5.01. The molecule has 1 N–H and O–H groups in total. The highest BCUT2D eigenvalue weighted by Gasteiger charge is 2.31. The minimum absolute atomic E-state index is 0.248. The predicted molar refractivity (Wildman–Crippen MR) is 76.1 cm³/mol. The van der Waals surface area contributed by atoms with Crippen molar-refractivity contribution < 1.29 is 4.79 Å². The molecule has 19 heavy (non-hydrogen) atoms. The van der Waals surface area contributed by atoms with Crippen molar-refractivity contribution in [2.45, 2.75) is 57.0 Å². The summed E-state index contributed by atoms with van der Waals surface area (Å²) >= 11 is 0. The second-order valence-electron chi connectivity index (χ2n) is 6.47. The van der Waals surface area contributed by atoms with Gasteiger partial charge in [-0.3, -0.25) is 14.6 Å². The Hall–Kier alpha value is -0.610. The molecule has 2 heterocycles. The summed E-state index contributed by atoms with van der Waals surface area (Å²) in [5.74, 6) is 0.248. The van der Waals surface area contributed by atoms with Gasteiger partial charge in [0.15, 0.2) is 0 Å². The highest BCUT2D eigenvalue weighted by molar-refractivity contribution is 5.78. The summed E-state index contributed by atoms with van der Waals surface area (Å²) in [5, 5.41) is 3.23. The Labute approximate surface area is 116 Å². The van der Waals surface area contributed by atoms with Crippen LogP contribution in [0, 0.1) is 0 Å². The fourth-order valence-corrected chi connectivity index (χ4v) is 3.92. The molecule has 4 nitrogen and oxygen atoms in total. The van der Waals surface area contributed by atoms with Gasteiger partial charge in [0.05, 0.1) is 6.54 Å². The first-order valence-corrected chi connectivity index (χ1v) is 8.07. The van der Waals surface area contributed by atoms with E-state index in [1.807, 2.05) is 0 Å². The molecule has 3 rings (SSSR count).